The number of ether oxygens (including phenoxy) is 3. The van der Waals surface area contributed by atoms with Crippen LogP contribution in [0.3, 0.4) is 0 Å². The first-order valence-corrected chi connectivity index (χ1v) is 8.12. The molecule has 5 nitrogen and oxygen atoms in total. The topological polar surface area (TPSA) is 51.2 Å². The Balaban J connectivity index is 1.98. The zero-order valence-corrected chi connectivity index (χ0v) is 13.6. The molecule has 0 saturated carbocycles. The van der Waals surface area contributed by atoms with Crippen LogP contribution in [0.25, 0.3) is 0 Å². The third-order valence-electron chi connectivity index (χ3n) is 3.78. The molecule has 1 aliphatic heterocycles. The van der Waals surface area contributed by atoms with Crippen molar-refractivity contribution in [2.45, 2.75) is 26.4 Å². The van der Waals surface area contributed by atoms with Crippen LogP contribution in [0, 0.1) is 0 Å². The zero-order valence-electron chi connectivity index (χ0n) is 13.6. The molecule has 0 radical (unpaired) electrons. The van der Waals surface area contributed by atoms with E-state index in [1.54, 1.807) is 0 Å². The third kappa shape index (κ3) is 4.87. The summed E-state index contributed by atoms with van der Waals surface area (Å²) in [6.45, 7) is 9.38. The first-order valence-electron chi connectivity index (χ1n) is 8.12. The van der Waals surface area contributed by atoms with Gasteiger partial charge in [0.05, 0.1) is 32.5 Å². The Bertz CT molecular complexity index is 446. The quantitative estimate of drug-likeness (QED) is 0.798. The Morgan fingerprint density at radius 3 is 2.59 bits per heavy atom. The van der Waals surface area contributed by atoms with Crippen LogP contribution in [0.15, 0.2) is 18.2 Å². The van der Waals surface area contributed by atoms with Crippen LogP contribution in [-0.2, 0) is 4.74 Å². The van der Waals surface area contributed by atoms with E-state index in [1.807, 2.05) is 32.0 Å². The van der Waals surface area contributed by atoms with Crippen molar-refractivity contribution in [1.29, 1.82) is 0 Å². The molecule has 0 aromatic heterocycles. The summed E-state index contributed by atoms with van der Waals surface area (Å²) in [4.78, 5) is 2.32. The van der Waals surface area contributed by atoms with Gasteiger partial charge in [0.15, 0.2) is 0 Å². The molecule has 0 spiro atoms. The van der Waals surface area contributed by atoms with Gasteiger partial charge in [-0.15, -0.1) is 0 Å². The van der Waals surface area contributed by atoms with Crippen molar-refractivity contribution >= 4 is 0 Å². The molecule has 2 rings (SSSR count). The van der Waals surface area contributed by atoms with Gasteiger partial charge in [-0.05, 0) is 32.4 Å². The average molecular weight is 309 g/mol. The smallest absolute Gasteiger partial charge is 0.128 e. The first kappa shape index (κ1) is 17.1. The van der Waals surface area contributed by atoms with Crippen LogP contribution < -0.4 is 9.47 Å². The van der Waals surface area contributed by atoms with Gasteiger partial charge in [-0.1, -0.05) is 0 Å². The van der Waals surface area contributed by atoms with Gasteiger partial charge in [-0.2, -0.15) is 0 Å². The lowest BCUT2D eigenvalue weighted by atomic mass is 10.0. The van der Waals surface area contributed by atoms with Gasteiger partial charge in [0, 0.05) is 31.3 Å². The van der Waals surface area contributed by atoms with E-state index in [4.69, 9.17) is 14.2 Å². The van der Waals surface area contributed by atoms with Crippen molar-refractivity contribution in [2.75, 3.05) is 46.1 Å². The van der Waals surface area contributed by atoms with Gasteiger partial charge in [0.1, 0.15) is 11.5 Å². The summed E-state index contributed by atoms with van der Waals surface area (Å²) in [5.74, 6) is 1.48. The van der Waals surface area contributed by atoms with Gasteiger partial charge < -0.3 is 19.3 Å². The highest BCUT2D eigenvalue weighted by Crippen LogP contribution is 2.31. The van der Waals surface area contributed by atoms with Gasteiger partial charge in [-0.25, -0.2) is 0 Å². The van der Waals surface area contributed by atoms with E-state index < -0.39 is 6.10 Å². The molecular formula is C17H27NO4. The Morgan fingerprint density at radius 1 is 1.18 bits per heavy atom. The third-order valence-corrected chi connectivity index (χ3v) is 3.78. The van der Waals surface area contributed by atoms with Gasteiger partial charge in [-0.3, -0.25) is 4.90 Å². The number of aliphatic hydroxyl groups excluding tert-OH is 1. The summed E-state index contributed by atoms with van der Waals surface area (Å²) in [6, 6.07) is 5.65. The summed E-state index contributed by atoms with van der Waals surface area (Å²) in [5, 5.41) is 10.5. The fourth-order valence-corrected chi connectivity index (χ4v) is 2.61. The van der Waals surface area contributed by atoms with E-state index >= 15 is 0 Å². The lowest BCUT2D eigenvalue weighted by Gasteiger charge is -2.27. The summed E-state index contributed by atoms with van der Waals surface area (Å²) in [5.41, 5.74) is 0.832. The number of rotatable bonds is 8. The highest BCUT2D eigenvalue weighted by molar-refractivity contribution is 5.42. The Labute approximate surface area is 132 Å². The minimum atomic E-state index is -0.528. The molecule has 1 N–H and O–H groups in total. The molecule has 1 saturated heterocycles. The highest BCUT2D eigenvalue weighted by Gasteiger charge is 2.17. The second-order valence-electron chi connectivity index (χ2n) is 5.32. The van der Waals surface area contributed by atoms with Crippen molar-refractivity contribution in [3.63, 3.8) is 0 Å². The highest BCUT2D eigenvalue weighted by atomic mass is 16.5. The number of morpholine rings is 1. The predicted molar refractivity (Wildman–Crippen MR) is 85.6 cm³/mol. The van der Waals surface area contributed by atoms with E-state index in [2.05, 4.69) is 4.90 Å². The summed E-state index contributed by atoms with van der Waals surface area (Å²) in [6.07, 6.45) is 0.161. The number of hydrogen-bond donors (Lipinski definition) is 1. The summed E-state index contributed by atoms with van der Waals surface area (Å²) >= 11 is 0. The van der Waals surface area contributed by atoms with Crippen LogP contribution in [0.5, 0.6) is 11.5 Å². The molecule has 0 bridgehead atoms. The van der Waals surface area contributed by atoms with Crippen LogP contribution >= 0.6 is 0 Å². The molecule has 1 heterocycles. The van der Waals surface area contributed by atoms with Crippen molar-refractivity contribution in [2.24, 2.45) is 0 Å². The molecule has 5 heteroatoms. The molecule has 1 atom stereocenters. The fourth-order valence-electron chi connectivity index (χ4n) is 2.61. The van der Waals surface area contributed by atoms with Crippen LogP contribution in [-0.4, -0.2) is 56.1 Å². The maximum atomic E-state index is 10.5. The maximum Gasteiger partial charge on any atom is 0.128 e. The minimum Gasteiger partial charge on any atom is -0.494 e. The largest absolute Gasteiger partial charge is 0.494 e. The minimum absolute atomic E-state index is 0.528. The SMILES string of the molecule is CCOc1ccc(C(O)CCN2CCOCC2)c(OCC)c1. The Kier molecular flexibility index (Phi) is 6.96. The number of aliphatic hydroxyl groups is 1. The second-order valence-corrected chi connectivity index (χ2v) is 5.32. The molecule has 22 heavy (non-hydrogen) atoms. The zero-order chi connectivity index (χ0) is 15.8. The van der Waals surface area contributed by atoms with E-state index in [-0.39, 0.29) is 0 Å². The predicted octanol–water partition coefficient (Wildman–Crippen LogP) is 2.24. The summed E-state index contributed by atoms with van der Waals surface area (Å²) in [7, 11) is 0. The van der Waals surface area contributed by atoms with Crippen molar-refractivity contribution in [1.82, 2.24) is 4.90 Å². The van der Waals surface area contributed by atoms with Crippen LogP contribution in [0.2, 0.25) is 0 Å². The summed E-state index contributed by atoms with van der Waals surface area (Å²) < 4.78 is 16.5. The van der Waals surface area contributed by atoms with E-state index in [1.165, 1.54) is 0 Å². The van der Waals surface area contributed by atoms with Crippen molar-refractivity contribution < 1.29 is 19.3 Å². The number of nitrogens with zero attached hydrogens (tertiary/aromatic N) is 1. The van der Waals surface area contributed by atoms with E-state index in [9.17, 15) is 5.11 Å². The Hall–Kier alpha value is -1.30. The molecule has 0 aliphatic carbocycles. The number of hydrogen-bond acceptors (Lipinski definition) is 5. The van der Waals surface area contributed by atoms with Crippen LogP contribution in [0.4, 0.5) is 0 Å². The molecule has 0 amide bonds. The molecule has 1 aromatic rings. The van der Waals surface area contributed by atoms with Crippen molar-refractivity contribution in [3.8, 4) is 11.5 Å². The van der Waals surface area contributed by atoms with Crippen molar-refractivity contribution in [3.05, 3.63) is 23.8 Å². The molecular weight excluding hydrogens is 282 g/mol. The Morgan fingerprint density at radius 2 is 1.91 bits per heavy atom. The molecule has 1 unspecified atom stereocenters. The molecule has 124 valence electrons. The van der Waals surface area contributed by atoms with E-state index in [0.717, 1.165) is 44.2 Å². The lowest BCUT2D eigenvalue weighted by molar-refractivity contribution is 0.0298. The monoisotopic (exact) mass is 309 g/mol. The van der Waals surface area contributed by atoms with Gasteiger partial charge in [0.25, 0.3) is 0 Å². The molecule has 1 fully saturated rings. The van der Waals surface area contributed by atoms with Gasteiger partial charge in [0.2, 0.25) is 0 Å². The maximum absolute atomic E-state index is 10.5. The molecule has 1 aromatic carbocycles. The average Bonchev–Trinajstić information content (AvgIpc) is 2.54. The normalized spacial score (nSPS) is 17.2. The lowest BCUT2D eigenvalue weighted by Crippen LogP contribution is -2.37. The first-order chi connectivity index (χ1) is 10.7. The van der Waals surface area contributed by atoms with Gasteiger partial charge >= 0.3 is 0 Å². The molecule has 1 aliphatic rings. The second kappa shape index (κ2) is 8.98. The van der Waals surface area contributed by atoms with E-state index in [0.29, 0.717) is 25.4 Å². The number of benzene rings is 1. The fraction of sp³-hybridized carbons (Fsp3) is 0.647. The van der Waals surface area contributed by atoms with Crippen LogP contribution in [0.1, 0.15) is 31.9 Å². The standard InChI is InChI=1S/C17H27NO4/c1-3-21-14-5-6-15(17(13-14)22-4-2)16(19)7-8-18-9-11-20-12-10-18/h5-6,13,16,19H,3-4,7-12H2,1-2H3.